The van der Waals surface area contributed by atoms with E-state index in [0.717, 1.165) is 45.2 Å². The Morgan fingerprint density at radius 1 is 1.10 bits per heavy atom. The van der Waals surface area contributed by atoms with Gasteiger partial charge >= 0.3 is 5.97 Å². The third kappa shape index (κ3) is 2.18. The first-order valence-electron chi connectivity index (χ1n) is 9.62. The summed E-state index contributed by atoms with van der Waals surface area (Å²) in [7, 11) is 0. The van der Waals surface area contributed by atoms with Crippen LogP contribution in [0.2, 0.25) is 0 Å². The van der Waals surface area contributed by atoms with E-state index in [2.05, 4.69) is 6.92 Å². The Kier molecular flexibility index (Phi) is 3.26. The van der Waals surface area contributed by atoms with Crippen molar-refractivity contribution in [3.05, 3.63) is 46.5 Å². The molecule has 0 fully saturated rings. The van der Waals surface area contributed by atoms with Gasteiger partial charge in [0.25, 0.3) is 0 Å². The average Bonchev–Trinajstić information content (AvgIpc) is 3.35. The summed E-state index contributed by atoms with van der Waals surface area (Å²) in [6, 6.07) is 7.95. The van der Waals surface area contributed by atoms with E-state index in [4.69, 9.17) is 28.7 Å². The zero-order valence-corrected chi connectivity index (χ0v) is 16.1. The van der Waals surface area contributed by atoms with Crippen molar-refractivity contribution in [3.63, 3.8) is 0 Å². The van der Waals surface area contributed by atoms with Crippen LogP contribution >= 0.6 is 0 Å². The molecule has 0 saturated carbocycles. The lowest BCUT2D eigenvalue weighted by Gasteiger charge is -2.45. The Morgan fingerprint density at radius 2 is 1.86 bits per heavy atom. The summed E-state index contributed by atoms with van der Waals surface area (Å²) < 4.78 is 28.3. The topological polar surface area (TPSA) is 75.6 Å². The van der Waals surface area contributed by atoms with Gasteiger partial charge < -0.3 is 23.7 Å². The molecule has 0 N–H and O–H groups in total. The minimum atomic E-state index is -0.610. The molecule has 7 heteroatoms. The van der Waals surface area contributed by atoms with Crippen LogP contribution < -0.4 is 18.9 Å². The van der Waals surface area contributed by atoms with E-state index in [9.17, 15) is 4.79 Å². The summed E-state index contributed by atoms with van der Waals surface area (Å²) in [5.41, 5.74) is 4.40. The monoisotopic (exact) mass is 393 g/mol. The number of esters is 1. The molecule has 0 aromatic heterocycles. The number of fused-ring (bicyclic) bond motifs is 8. The number of benzene rings is 2. The predicted molar refractivity (Wildman–Crippen MR) is 102 cm³/mol. The lowest BCUT2D eigenvalue weighted by molar-refractivity contribution is -0.148. The van der Waals surface area contributed by atoms with E-state index in [1.807, 2.05) is 24.3 Å². The Bertz CT molecular complexity index is 1110. The standard InChI is InChI=1S/C22H19NO6/c1-11(24)29-19-6-12-5-17-18(27-9-26-17)7-13(12)21-22(19,2)15-3-4-16-20(28-10-25-16)14(15)8-23-21/h3-5,7,19H,6,8-10H2,1-2H3. The summed E-state index contributed by atoms with van der Waals surface area (Å²) in [6.45, 7) is 4.43. The lowest BCUT2D eigenvalue weighted by atomic mass is 9.63. The predicted octanol–water partition coefficient (Wildman–Crippen LogP) is 2.89. The van der Waals surface area contributed by atoms with Gasteiger partial charge in [0.2, 0.25) is 13.6 Å². The first kappa shape index (κ1) is 16.7. The number of carbonyl (C=O) groups excluding carboxylic acids is 1. The van der Waals surface area contributed by atoms with Crippen molar-refractivity contribution in [2.24, 2.45) is 4.99 Å². The maximum absolute atomic E-state index is 12.0. The number of nitrogens with zero attached hydrogens (tertiary/aromatic N) is 1. The number of hydrogen-bond acceptors (Lipinski definition) is 7. The van der Waals surface area contributed by atoms with Gasteiger partial charge in [-0.1, -0.05) is 6.07 Å². The van der Waals surface area contributed by atoms with Crippen molar-refractivity contribution < 1.29 is 28.5 Å². The lowest BCUT2D eigenvalue weighted by Crippen LogP contribution is -2.52. The third-order valence-corrected chi connectivity index (χ3v) is 6.30. The van der Waals surface area contributed by atoms with Crippen molar-refractivity contribution >= 4 is 11.7 Å². The molecule has 148 valence electrons. The second-order valence-electron chi connectivity index (χ2n) is 7.86. The second-order valence-corrected chi connectivity index (χ2v) is 7.86. The van der Waals surface area contributed by atoms with Gasteiger partial charge in [-0.05, 0) is 36.2 Å². The summed E-state index contributed by atoms with van der Waals surface area (Å²) in [4.78, 5) is 16.9. The Balaban J connectivity index is 1.58. The molecule has 0 spiro atoms. The van der Waals surface area contributed by atoms with E-state index in [1.165, 1.54) is 6.92 Å². The van der Waals surface area contributed by atoms with Gasteiger partial charge in [0.05, 0.1) is 17.7 Å². The van der Waals surface area contributed by atoms with Gasteiger partial charge in [-0.2, -0.15) is 0 Å². The van der Waals surface area contributed by atoms with Crippen molar-refractivity contribution in [1.82, 2.24) is 0 Å². The highest BCUT2D eigenvalue weighted by atomic mass is 16.7. The van der Waals surface area contributed by atoms with Crippen LogP contribution in [-0.2, 0) is 27.9 Å². The summed E-state index contributed by atoms with van der Waals surface area (Å²) in [5, 5.41) is 0. The van der Waals surface area contributed by atoms with Gasteiger partial charge in [-0.15, -0.1) is 0 Å². The molecule has 7 nitrogen and oxygen atoms in total. The molecule has 2 unspecified atom stereocenters. The number of rotatable bonds is 1. The molecule has 2 aromatic rings. The third-order valence-electron chi connectivity index (χ3n) is 6.30. The van der Waals surface area contributed by atoms with Crippen LogP contribution in [0.4, 0.5) is 0 Å². The van der Waals surface area contributed by atoms with Crippen molar-refractivity contribution in [2.45, 2.75) is 38.3 Å². The van der Waals surface area contributed by atoms with Crippen LogP contribution in [0.1, 0.15) is 36.1 Å². The van der Waals surface area contributed by atoms with E-state index >= 15 is 0 Å². The molecule has 3 aliphatic heterocycles. The van der Waals surface area contributed by atoms with Crippen LogP contribution in [0.5, 0.6) is 23.0 Å². The Hall–Kier alpha value is -3.22. The highest BCUT2D eigenvalue weighted by molar-refractivity contribution is 6.12. The van der Waals surface area contributed by atoms with Crippen LogP contribution in [0.3, 0.4) is 0 Å². The molecular weight excluding hydrogens is 374 g/mol. The summed E-state index contributed by atoms with van der Waals surface area (Å²) in [6.07, 6.45) is 0.167. The molecular formula is C22H19NO6. The van der Waals surface area contributed by atoms with Gasteiger partial charge in [0.1, 0.15) is 6.10 Å². The molecule has 3 heterocycles. The molecule has 6 rings (SSSR count). The normalized spacial score (nSPS) is 24.9. The maximum atomic E-state index is 12.0. The van der Waals surface area contributed by atoms with E-state index < -0.39 is 11.5 Å². The molecule has 0 radical (unpaired) electrons. The number of aliphatic imine (C=N–C) groups is 1. The number of ether oxygens (including phenoxy) is 5. The fraction of sp³-hybridized carbons (Fsp3) is 0.364. The van der Waals surface area contributed by atoms with Crippen molar-refractivity contribution in [2.75, 3.05) is 13.6 Å². The quantitative estimate of drug-likeness (QED) is 0.694. The number of carbonyl (C=O) groups is 1. The Labute approximate surface area is 167 Å². The molecule has 4 aliphatic rings. The zero-order chi connectivity index (χ0) is 19.8. The fourth-order valence-electron chi connectivity index (χ4n) is 4.95. The Morgan fingerprint density at radius 3 is 2.69 bits per heavy atom. The van der Waals surface area contributed by atoms with E-state index in [1.54, 1.807) is 0 Å². The zero-order valence-electron chi connectivity index (χ0n) is 16.1. The van der Waals surface area contributed by atoms with Gasteiger partial charge in [-0.3, -0.25) is 9.79 Å². The molecule has 1 aliphatic carbocycles. The molecule has 0 amide bonds. The summed E-state index contributed by atoms with van der Waals surface area (Å²) >= 11 is 0. The highest BCUT2D eigenvalue weighted by Crippen LogP contribution is 2.51. The highest BCUT2D eigenvalue weighted by Gasteiger charge is 2.51. The van der Waals surface area contributed by atoms with Crippen molar-refractivity contribution in [3.8, 4) is 23.0 Å². The molecule has 29 heavy (non-hydrogen) atoms. The van der Waals surface area contributed by atoms with Crippen LogP contribution in [0.15, 0.2) is 29.3 Å². The first-order valence-corrected chi connectivity index (χ1v) is 9.62. The molecule has 2 atom stereocenters. The fourth-order valence-corrected chi connectivity index (χ4v) is 4.95. The maximum Gasteiger partial charge on any atom is 0.302 e. The SMILES string of the molecule is CC(=O)OC1Cc2cc3c(cc2C2=NCc4c(ccc5c4OCO5)C21C)OCO3. The van der Waals surface area contributed by atoms with Gasteiger partial charge in [-0.25, -0.2) is 0 Å². The van der Waals surface area contributed by atoms with E-state index in [0.29, 0.717) is 18.7 Å². The summed E-state index contributed by atoms with van der Waals surface area (Å²) in [5.74, 6) is 2.59. The molecule has 2 aromatic carbocycles. The van der Waals surface area contributed by atoms with Gasteiger partial charge in [0.15, 0.2) is 23.0 Å². The van der Waals surface area contributed by atoms with Gasteiger partial charge in [0, 0.05) is 24.5 Å². The largest absolute Gasteiger partial charge is 0.461 e. The van der Waals surface area contributed by atoms with Crippen molar-refractivity contribution in [1.29, 1.82) is 0 Å². The minimum Gasteiger partial charge on any atom is -0.461 e. The average molecular weight is 393 g/mol. The second kappa shape index (κ2) is 5.65. The molecule has 0 saturated heterocycles. The van der Waals surface area contributed by atoms with Crippen LogP contribution in [0.25, 0.3) is 0 Å². The van der Waals surface area contributed by atoms with Crippen LogP contribution in [-0.4, -0.2) is 31.4 Å². The van der Waals surface area contributed by atoms with Crippen LogP contribution in [0, 0.1) is 0 Å². The smallest absolute Gasteiger partial charge is 0.302 e. The van der Waals surface area contributed by atoms with E-state index in [-0.39, 0.29) is 19.6 Å². The molecule has 0 bridgehead atoms. The first-order chi connectivity index (χ1) is 14.1. The minimum absolute atomic E-state index is 0.207. The number of hydrogen-bond donors (Lipinski definition) is 0.